The molecule has 7 nitrogen and oxygen atoms in total. The monoisotopic (exact) mass is 380 g/mol. The predicted octanol–water partition coefficient (Wildman–Crippen LogP) is 2.21. The van der Waals surface area contributed by atoms with Gasteiger partial charge in [0, 0.05) is 23.5 Å². The van der Waals surface area contributed by atoms with Gasteiger partial charge in [-0.2, -0.15) is 0 Å². The zero-order chi connectivity index (χ0) is 19.5. The Morgan fingerprint density at radius 3 is 2.75 bits per heavy atom. The van der Waals surface area contributed by atoms with Crippen molar-refractivity contribution in [2.75, 3.05) is 13.7 Å². The normalized spacial score (nSPS) is 16.4. The lowest BCUT2D eigenvalue weighted by Gasteiger charge is -2.27. The Morgan fingerprint density at radius 2 is 1.93 bits per heavy atom. The van der Waals surface area contributed by atoms with Gasteiger partial charge < -0.3 is 24.5 Å². The van der Waals surface area contributed by atoms with Gasteiger partial charge in [0.25, 0.3) is 5.91 Å². The van der Waals surface area contributed by atoms with Gasteiger partial charge in [-0.25, -0.2) is 4.79 Å². The Hall–Kier alpha value is -3.48. The quantitative estimate of drug-likeness (QED) is 0.663. The number of hydrogen-bond donors (Lipinski definition) is 2. The van der Waals surface area contributed by atoms with Crippen LogP contribution in [0, 0.1) is 0 Å². The summed E-state index contributed by atoms with van der Waals surface area (Å²) in [5.41, 5.74) is 1.88. The van der Waals surface area contributed by atoms with Gasteiger partial charge in [-0.1, -0.05) is 30.3 Å². The lowest BCUT2D eigenvalue weighted by atomic mass is 10.0. The van der Waals surface area contributed by atoms with Crippen molar-refractivity contribution in [3.05, 3.63) is 60.3 Å². The fourth-order valence-electron chi connectivity index (χ4n) is 3.27. The highest BCUT2D eigenvalue weighted by Crippen LogP contribution is 2.31. The maximum atomic E-state index is 12.7. The van der Waals surface area contributed by atoms with Gasteiger partial charge in [0.05, 0.1) is 7.11 Å². The number of ether oxygens (including phenoxy) is 3. The molecule has 2 unspecified atom stereocenters. The van der Waals surface area contributed by atoms with Crippen LogP contribution in [0.3, 0.4) is 0 Å². The third-order valence-corrected chi connectivity index (χ3v) is 4.70. The van der Waals surface area contributed by atoms with Crippen LogP contribution in [0.15, 0.2) is 54.7 Å². The molecular weight excluding hydrogens is 360 g/mol. The molecule has 0 saturated heterocycles. The van der Waals surface area contributed by atoms with E-state index in [1.807, 2.05) is 36.5 Å². The molecule has 0 spiro atoms. The summed E-state index contributed by atoms with van der Waals surface area (Å²) in [6, 6.07) is 14.1. The molecular formula is C21H20N2O5. The first-order valence-corrected chi connectivity index (χ1v) is 8.97. The molecule has 1 amide bonds. The van der Waals surface area contributed by atoms with Gasteiger partial charge in [0.1, 0.15) is 12.6 Å². The molecule has 2 atom stereocenters. The van der Waals surface area contributed by atoms with Crippen LogP contribution >= 0.6 is 0 Å². The molecule has 1 aliphatic rings. The Morgan fingerprint density at radius 1 is 1.18 bits per heavy atom. The van der Waals surface area contributed by atoms with Crippen LogP contribution in [0.4, 0.5) is 0 Å². The second-order valence-corrected chi connectivity index (χ2v) is 6.51. The van der Waals surface area contributed by atoms with Crippen molar-refractivity contribution in [2.24, 2.45) is 0 Å². The van der Waals surface area contributed by atoms with E-state index >= 15 is 0 Å². The third-order valence-electron chi connectivity index (χ3n) is 4.70. The lowest BCUT2D eigenvalue weighted by molar-refractivity contribution is -0.146. The minimum absolute atomic E-state index is 0.0732. The highest BCUT2D eigenvalue weighted by molar-refractivity contribution is 5.89. The number of methoxy groups -OCH3 is 1. The van der Waals surface area contributed by atoms with Gasteiger partial charge >= 0.3 is 5.97 Å². The van der Waals surface area contributed by atoms with Crippen LogP contribution in [0.1, 0.15) is 5.56 Å². The average Bonchev–Trinajstić information content (AvgIpc) is 3.15. The first kappa shape index (κ1) is 17.9. The average molecular weight is 380 g/mol. The van der Waals surface area contributed by atoms with E-state index < -0.39 is 24.0 Å². The second kappa shape index (κ2) is 7.64. The number of hydrogen-bond acceptors (Lipinski definition) is 5. The number of rotatable bonds is 5. The fraction of sp³-hybridized carbons (Fsp3) is 0.238. The number of esters is 1. The van der Waals surface area contributed by atoms with Gasteiger partial charge in [-0.15, -0.1) is 0 Å². The standard InChI is InChI=1S/C21H20N2O5/c1-26-21(25)16(10-13-11-22-15-7-3-2-6-14(13)15)23-20(24)19-12-27-17-8-4-5-9-18(17)28-19/h2-9,11,16,19,22H,10,12H2,1H3,(H,23,24). The van der Waals surface area contributed by atoms with Crippen LogP contribution in [-0.2, 0) is 20.7 Å². The molecule has 0 fully saturated rings. The first-order valence-electron chi connectivity index (χ1n) is 8.97. The summed E-state index contributed by atoms with van der Waals surface area (Å²) in [5.74, 6) is 0.149. The number of carbonyl (C=O) groups excluding carboxylic acids is 2. The number of benzene rings is 2. The molecule has 0 saturated carbocycles. The Labute approximate surface area is 161 Å². The molecule has 0 radical (unpaired) electrons. The van der Waals surface area contributed by atoms with Crippen molar-refractivity contribution in [1.82, 2.24) is 10.3 Å². The molecule has 0 aliphatic carbocycles. The van der Waals surface area contributed by atoms with E-state index in [1.54, 1.807) is 18.2 Å². The molecule has 4 rings (SSSR count). The van der Waals surface area contributed by atoms with Crippen LogP contribution in [0.2, 0.25) is 0 Å². The molecule has 0 bridgehead atoms. The molecule has 1 aromatic heterocycles. The lowest BCUT2D eigenvalue weighted by Crippen LogP contribution is -2.51. The van der Waals surface area contributed by atoms with Gasteiger partial charge in [0.2, 0.25) is 6.10 Å². The smallest absolute Gasteiger partial charge is 0.328 e. The summed E-state index contributed by atoms with van der Waals surface area (Å²) in [6.07, 6.45) is 1.29. The molecule has 3 aromatic rings. The summed E-state index contributed by atoms with van der Waals surface area (Å²) in [6.45, 7) is 0.0732. The van der Waals surface area contributed by atoms with Crippen LogP contribution < -0.4 is 14.8 Å². The summed E-state index contributed by atoms with van der Waals surface area (Å²) < 4.78 is 16.2. The minimum Gasteiger partial charge on any atom is -0.485 e. The maximum absolute atomic E-state index is 12.7. The van der Waals surface area contributed by atoms with Crippen molar-refractivity contribution in [3.8, 4) is 11.5 Å². The summed E-state index contributed by atoms with van der Waals surface area (Å²) >= 11 is 0. The van der Waals surface area contributed by atoms with E-state index in [1.165, 1.54) is 7.11 Å². The van der Waals surface area contributed by atoms with E-state index in [-0.39, 0.29) is 6.61 Å². The van der Waals surface area contributed by atoms with Crippen LogP contribution in [-0.4, -0.2) is 42.7 Å². The van der Waals surface area contributed by atoms with Crippen molar-refractivity contribution >= 4 is 22.8 Å². The number of para-hydroxylation sites is 3. The highest BCUT2D eigenvalue weighted by atomic mass is 16.6. The van der Waals surface area contributed by atoms with E-state index in [4.69, 9.17) is 14.2 Å². The molecule has 1 aliphatic heterocycles. The van der Waals surface area contributed by atoms with Crippen molar-refractivity contribution in [2.45, 2.75) is 18.6 Å². The van der Waals surface area contributed by atoms with E-state index in [2.05, 4.69) is 10.3 Å². The number of H-pyrrole nitrogens is 1. The number of amides is 1. The molecule has 28 heavy (non-hydrogen) atoms. The Balaban J connectivity index is 1.49. The number of aromatic amines is 1. The Kier molecular flexibility index (Phi) is 4.89. The molecule has 2 heterocycles. The van der Waals surface area contributed by atoms with Crippen molar-refractivity contribution < 1.29 is 23.8 Å². The van der Waals surface area contributed by atoms with Crippen LogP contribution in [0.25, 0.3) is 10.9 Å². The molecule has 7 heteroatoms. The second-order valence-electron chi connectivity index (χ2n) is 6.51. The SMILES string of the molecule is COC(=O)C(Cc1c[nH]c2ccccc12)NC(=O)C1COc2ccccc2O1. The van der Waals surface area contributed by atoms with Crippen molar-refractivity contribution in [3.63, 3.8) is 0 Å². The first-order chi connectivity index (χ1) is 13.7. The number of aromatic nitrogens is 1. The molecule has 2 N–H and O–H groups in total. The largest absolute Gasteiger partial charge is 0.485 e. The van der Waals surface area contributed by atoms with Crippen molar-refractivity contribution in [1.29, 1.82) is 0 Å². The van der Waals surface area contributed by atoms with Gasteiger partial charge in [0.15, 0.2) is 11.5 Å². The number of carbonyl (C=O) groups is 2. The minimum atomic E-state index is -0.843. The molecule has 2 aromatic carbocycles. The molecule has 144 valence electrons. The summed E-state index contributed by atoms with van der Waals surface area (Å²) in [7, 11) is 1.30. The topological polar surface area (TPSA) is 89.7 Å². The number of fused-ring (bicyclic) bond motifs is 2. The van der Waals surface area contributed by atoms with Gasteiger partial charge in [-0.3, -0.25) is 4.79 Å². The highest BCUT2D eigenvalue weighted by Gasteiger charge is 2.31. The van der Waals surface area contributed by atoms with E-state index in [0.717, 1.165) is 16.5 Å². The zero-order valence-electron chi connectivity index (χ0n) is 15.3. The van der Waals surface area contributed by atoms with Crippen LogP contribution in [0.5, 0.6) is 11.5 Å². The summed E-state index contributed by atoms with van der Waals surface area (Å²) in [5, 5.41) is 3.74. The third kappa shape index (κ3) is 3.51. The fourth-order valence-corrected chi connectivity index (χ4v) is 3.27. The van der Waals surface area contributed by atoms with E-state index in [9.17, 15) is 9.59 Å². The predicted molar refractivity (Wildman–Crippen MR) is 102 cm³/mol. The Bertz CT molecular complexity index is 1010. The maximum Gasteiger partial charge on any atom is 0.328 e. The summed E-state index contributed by atoms with van der Waals surface area (Å²) in [4.78, 5) is 28.1. The number of nitrogens with one attached hydrogen (secondary N) is 2. The zero-order valence-corrected chi connectivity index (χ0v) is 15.3. The van der Waals surface area contributed by atoms with E-state index in [0.29, 0.717) is 17.9 Å². The van der Waals surface area contributed by atoms with Gasteiger partial charge in [-0.05, 0) is 23.8 Å².